The molecule has 2 amide bonds. The van der Waals surface area contributed by atoms with Gasteiger partial charge in [-0.25, -0.2) is 4.79 Å². The van der Waals surface area contributed by atoms with Gasteiger partial charge in [-0.1, -0.05) is 72.1 Å². The van der Waals surface area contributed by atoms with Crippen LogP contribution < -0.4 is 14.8 Å². The highest BCUT2D eigenvalue weighted by molar-refractivity contribution is 6.76. The second-order valence-electron chi connectivity index (χ2n) is 10.9. The number of nitrogens with one attached hydrogen (secondary N) is 1. The minimum atomic E-state index is -2.22. The van der Waals surface area contributed by atoms with Crippen LogP contribution in [0, 0.1) is 17.3 Å². The van der Waals surface area contributed by atoms with Crippen molar-refractivity contribution in [3.8, 4) is 11.5 Å². The number of rotatable bonds is 5. The Morgan fingerprint density at radius 2 is 1.82 bits per heavy atom. The Morgan fingerprint density at radius 1 is 1.05 bits per heavy atom. The van der Waals surface area contributed by atoms with Crippen molar-refractivity contribution in [2.24, 2.45) is 17.3 Å². The van der Waals surface area contributed by atoms with Crippen molar-refractivity contribution >= 4 is 46.8 Å². The fourth-order valence-corrected chi connectivity index (χ4v) is 7.19. The maximum absolute atomic E-state index is 12.4. The lowest BCUT2D eigenvalue weighted by molar-refractivity contribution is -0.120. The molecule has 2 saturated carbocycles. The minimum absolute atomic E-state index is 0.165. The van der Waals surface area contributed by atoms with Crippen LogP contribution in [0.5, 0.6) is 11.5 Å². The molecule has 0 aliphatic heterocycles. The van der Waals surface area contributed by atoms with E-state index in [2.05, 4.69) is 31.2 Å². The van der Waals surface area contributed by atoms with Crippen molar-refractivity contribution in [3.05, 3.63) is 59.2 Å². The highest BCUT2D eigenvalue weighted by atomic mass is 35.6. The van der Waals surface area contributed by atoms with Crippen LogP contribution in [0.2, 0.25) is 0 Å². The van der Waals surface area contributed by atoms with E-state index in [1.807, 2.05) is 23.5 Å². The quantitative estimate of drug-likeness (QED) is 0.381. The maximum Gasteiger partial charge on any atom is 0.414 e. The van der Waals surface area contributed by atoms with E-state index in [1.165, 1.54) is 11.1 Å². The predicted molar refractivity (Wildman–Crippen MR) is 147 cm³/mol. The lowest BCUT2D eigenvalue weighted by Gasteiger charge is -2.50. The second kappa shape index (κ2) is 10.8. The first-order chi connectivity index (χ1) is 18.1. The van der Waals surface area contributed by atoms with Gasteiger partial charge in [-0.3, -0.25) is 10.1 Å². The first kappa shape index (κ1) is 27.4. The SMILES string of the molecule is COc1cc2c(cc1OCc1ccccc1)CCC1C2CC[C@@]2(C)C1CC[C@@H]2OC(=O)NC(=O)C(Cl)(Cl)Cl. The highest BCUT2D eigenvalue weighted by Crippen LogP contribution is 2.62. The number of alkyl halides is 3. The molecule has 3 aliphatic carbocycles. The number of hydrogen-bond acceptors (Lipinski definition) is 5. The Hall–Kier alpha value is -2.15. The van der Waals surface area contributed by atoms with Crippen molar-refractivity contribution < 1.29 is 23.8 Å². The summed E-state index contributed by atoms with van der Waals surface area (Å²) in [6, 6.07) is 14.4. The molecule has 3 unspecified atom stereocenters. The third-order valence-electron chi connectivity index (χ3n) is 8.88. The summed E-state index contributed by atoms with van der Waals surface area (Å²) in [6.07, 6.45) is 4.53. The summed E-state index contributed by atoms with van der Waals surface area (Å²) < 4.78 is 15.4. The first-order valence-electron chi connectivity index (χ1n) is 13.1. The molecule has 6 nitrogen and oxygen atoms in total. The summed E-state index contributed by atoms with van der Waals surface area (Å²) in [5.41, 5.74) is 3.63. The zero-order chi connectivity index (χ0) is 27.1. The number of amides is 2. The van der Waals surface area contributed by atoms with Crippen LogP contribution in [0.3, 0.4) is 0 Å². The van der Waals surface area contributed by atoms with Gasteiger partial charge in [0.05, 0.1) is 7.11 Å². The molecule has 2 aromatic carbocycles. The first-order valence-corrected chi connectivity index (χ1v) is 14.2. The van der Waals surface area contributed by atoms with Crippen LogP contribution in [0.25, 0.3) is 0 Å². The Balaban J connectivity index is 1.30. The predicted octanol–water partition coefficient (Wildman–Crippen LogP) is 7.12. The van der Waals surface area contributed by atoms with Gasteiger partial charge in [0.25, 0.3) is 9.70 Å². The van der Waals surface area contributed by atoms with Gasteiger partial charge in [0.15, 0.2) is 11.5 Å². The number of aryl methyl sites for hydroxylation is 1. The average molecular weight is 581 g/mol. The van der Waals surface area contributed by atoms with Gasteiger partial charge in [0.2, 0.25) is 0 Å². The zero-order valence-electron chi connectivity index (χ0n) is 21.5. The molecular formula is C29H32Cl3NO5. The third-order valence-corrected chi connectivity index (χ3v) is 9.40. The molecule has 1 N–H and O–H groups in total. The molecule has 9 heteroatoms. The number of hydrogen-bond donors (Lipinski definition) is 1. The molecule has 5 rings (SSSR count). The van der Waals surface area contributed by atoms with Gasteiger partial charge in [0, 0.05) is 5.41 Å². The van der Waals surface area contributed by atoms with E-state index in [1.54, 1.807) is 7.11 Å². The van der Waals surface area contributed by atoms with Crippen LogP contribution >= 0.6 is 34.8 Å². The lowest BCUT2D eigenvalue weighted by atomic mass is 9.55. The summed E-state index contributed by atoms with van der Waals surface area (Å²) in [4.78, 5) is 24.3. The molecule has 38 heavy (non-hydrogen) atoms. The molecule has 0 saturated heterocycles. The van der Waals surface area contributed by atoms with Crippen LogP contribution in [0.4, 0.5) is 4.79 Å². The van der Waals surface area contributed by atoms with Crippen LogP contribution in [0.1, 0.15) is 61.6 Å². The van der Waals surface area contributed by atoms with Gasteiger partial charge < -0.3 is 14.2 Å². The number of fused-ring (bicyclic) bond motifs is 5. The lowest BCUT2D eigenvalue weighted by Crippen LogP contribution is -2.47. The topological polar surface area (TPSA) is 73.9 Å². The number of carbonyl (C=O) groups is 2. The van der Waals surface area contributed by atoms with E-state index in [-0.39, 0.29) is 11.5 Å². The molecule has 204 valence electrons. The second-order valence-corrected chi connectivity index (χ2v) is 13.1. The number of benzene rings is 2. The van der Waals surface area contributed by atoms with Crippen LogP contribution in [-0.2, 0) is 22.6 Å². The van der Waals surface area contributed by atoms with Gasteiger partial charge >= 0.3 is 6.09 Å². The van der Waals surface area contributed by atoms with Crippen molar-refractivity contribution in [3.63, 3.8) is 0 Å². The van der Waals surface area contributed by atoms with Crippen molar-refractivity contribution in [1.29, 1.82) is 0 Å². The number of halogens is 3. The summed E-state index contributed by atoms with van der Waals surface area (Å²) in [6.45, 7) is 2.71. The van der Waals surface area contributed by atoms with E-state index in [0.717, 1.165) is 55.6 Å². The van der Waals surface area contributed by atoms with Gasteiger partial charge in [-0.15, -0.1) is 0 Å². The number of methoxy groups -OCH3 is 1. The van der Waals surface area contributed by atoms with Gasteiger partial charge in [0.1, 0.15) is 12.7 Å². The van der Waals surface area contributed by atoms with Gasteiger partial charge in [-0.2, -0.15) is 0 Å². The van der Waals surface area contributed by atoms with Crippen molar-refractivity contribution in [2.45, 2.75) is 67.9 Å². The molecule has 2 fully saturated rings. The summed E-state index contributed by atoms with van der Waals surface area (Å²) in [7, 11) is 1.69. The van der Waals surface area contributed by atoms with E-state index in [4.69, 9.17) is 49.0 Å². The Morgan fingerprint density at radius 3 is 2.53 bits per heavy atom. The summed E-state index contributed by atoms with van der Waals surface area (Å²) in [5.74, 6) is 1.85. The third kappa shape index (κ3) is 5.32. The molecule has 5 atom stereocenters. The van der Waals surface area contributed by atoms with E-state index in [0.29, 0.717) is 24.4 Å². The molecule has 2 aromatic rings. The van der Waals surface area contributed by atoms with Crippen LogP contribution in [0.15, 0.2) is 42.5 Å². The normalized spacial score (nSPS) is 27.9. The monoisotopic (exact) mass is 579 g/mol. The standard InChI is InChI=1S/C29H32Cl3NO5/c1-28-13-12-19-20(22(28)10-11-25(28)38-27(35)33-26(34)29(30,31)32)9-8-18-14-24(23(36-2)15-21(18)19)37-16-17-6-4-3-5-7-17/h3-7,14-15,19-20,22,25H,8-13,16H2,1-2H3,(H,33,34,35)/t19?,20?,22?,25-,28-/m0/s1. The fraction of sp³-hybridized carbons (Fsp3) is 0.517. The van der Waals surface area contributed by atoms with E-state index >= 15 is 0 Å². The van der Waals surface area contributed by atoms with Crippen molar-refractivity contribution in [1.82, 2.24) is 5.32 Å². The molecule has 3 aliphatic rings. The number of imide groups is 1. The fourth-order valence-electron chi connectivity index (χ4n) is 7.05. The summed E-state index contributed by atoms with van der Waals surface area (Å²) in [5, 5.41) is 2.05. The minimum Gasteiger partial charge on any atom is -0.493 e. The molecule has 0 heterocycles. The zero-order valence-corrected chi connectivity index (χ0v) is 23.7. The Labute approximate surface area is 238 Å². The Kier molecular flexibility index (Phi) is 7.78. The molecule has 0 bridgehead atoms. The Bertz CT molecular complexity index is 1200. The van der Waals surface area contributed by atoms with Crippen molar-refractivity contribution in [2.75, 3.05) is 7.11 Å². The summed E-state index contributed by atoms with van der Waals surface area (Å²) >= 11 is 16.7. The van der Waals surface area contributed by atoms with Crippen LogP contribution in [-0.4, -0.2) is 29.0 Å². The molecule has 0 radical (unpaired) electrons. The smallest absolute Gasteiger partial charge is 0.414 e. The van der Waals surface area contributed by atoms with E-state index in [9.17, 15) is 9.59 Å². The largest absolute Gasteiger partial charge is 0.493 e. The van der Waals surface area contributed by atoms with E-state index < -0.39 is 15.8 Å². The highest BCUT2D eigenvalue weighted by Gasteiger charge is 2.56. The molecular weight excluding hydrogens is 549 g/mol. The number of alkyl carbamates (subject to hydrolysis) is 1. The molecule has 0 aromatic heterocycles. The van der Waals surface area contributed by atoms with Gasteiger partial charge in [-0.05, 0) is 85.1 Å². The average Bonchev–Trinajstić information content (AvgIpc) is 3.22. The number of ether oxygens (including phenoxy) is 3. The molecule has 0 spiro atoms. The number of carbonyl (C=O) groups excluding carboxylic acids is 2. The maximum atomic E-state index is 12.4.